The Labute approximate surface area is 129 Å². The minimum absolute atomic E-state index is 0.00763. The zero-order chi connectivity index (χ0) is 14.8. The van der Waals surface area contributed by atoms with Crippen LogP contribution in [0.4, 0.5) is 9.80 Å². The van der Waals surface area contributed by atoms with Gasteiger partial charge in [-0.05, 0) is 47.7 Å². The number of amides is 2. The first-order chi connectivity index (χ1) is 10.1. The minimum atomic E-state index is -1.04. The van der Waals surface area contributed by atoms with Gasteiger partial charge in [0.15, 0.2) is 0 Å². The Morgan fingerprint density at radius 1 is 1.24 bits per heavy atom. The van der Waals surface area contributed by atoms with Crippen molar-refractivity contribution in [3.05, 3.63) is 38.9 Å². The van der Waals surface area contributed by atoms with Crippen LogP contribution in [0.25, 0.3) is 0 Å². The molecule has 110 valence electrons. The standard InChI is InChI=1S/C14H14N2O3S2/c17-13(18)9-5-7-21-12(9)16-14(19)15-10-2-1-3-11-8(10)4-6-20-11/h4-7,10H,1-3H2,(H,17,18)(H2,15,16,19). The summed E-state index contributed by atoms with van der Waals surface area (Å²) in [7, 11) is 0. The summed E-state index contributed by atoms with van der Waals surface area (Å²) in [6, 6.07) is 3.19. The zero-order valence-electron chi connectivity index (χ0n) is 11.1. The molecule has 0 saturated heterocycles. The molecule has 2 amide bonds. The Hall–Kier alpha value is -1.86. The topological polar surface area (TPSA) is 78.4 Å². The number of carbonyl (C=O) groups is 2. The van der Waals surface area contributed by atoms with Gasteiger partial charge in [-0.15, -0.1) is 22.7 Å². The normalized spacial score (nSPS) is 17.0. The number of carbonyl (C=O) groups excluding carboxylic acids is 1. The van der Waals surface area contributed by atoms with Crippen LogP contribution in [0.2, 0.25) is 0 Å². The average molecular weight is 322 g/mol. The van der Waals surface area contributed by atoms with Crippen molar-refractivity contribution >= 4 is 39.7 Å². The highest BCUT2D eigenvalue weighted by Crippen LogP contribution is 2.33. The summed E-state index contributed by atoms with van der Waals surface area (Å²) in [5, 5.41) is 18.7. The van der Waals surface area contributed by atoms with Gasteiger partial charge < -0.3 is 10.4 Å². The molecule has 2 aromatic rings. The second-order valence-corrected chi connectivity index (χ2v) is 6.73. The van der Waals surface area contributed by atoms with Crippen molar-refractivity contribution in [1.29, 1.82) is 0 Å². The molecule has 1 unspecified atom stereocenters. The van der Waals surface area contributed by atoms with E-state index in [1.54, 1.807) is 16.7 Å². The molecular weight excluding hydrogens is 308 g/mol. The van der Waals surface area contributed by atoms with Gasteiger partial charge in [-0.2, -0.15) is 0 Å². The fourth-order valence-corrected chi connectivity index (χ4v) is 4.27. The SMILES string of the molecule is O=C(Nc1sccc1C(=O)O)NC1CCCc2sccc21. The van der Waals surface area contributed by atoms with E-state index in [0.717, 1.165) is 19.3 Å². The summed E-state index contributed by atoms with van der Waals surface area (Å²) in [5.41, 5.74) is 1.31. The molecule has 21 heavy (non-hydrogen) atoms. The lowest BCUT2D eigenvalue weighted by molar-refractivity contribution is 0.0698. The zero-order valence-corrected chi connectivity index (χ0v) is 12.7. The van der Waals surface area contributed by atoms with Crippen LogP contribution in [-0.2, 0) is 6.42 Å². The molecule has 1 atom stereocenters. The largest absolute Gasteiger partial charge is 0.478 e. The van der Waals surface area contributed by atoms with Crippen molar-refractivity contribution in [2.75, 3.05) is 5.32 Å². The van der Waals surface area contributed by atoms with Crippen molar-refractivity contribution < 1.29 is 14.7 Å². The molecule has 3 rings (SSSR count). The number of urea groups is 1. The van der Waals surface area contributed by atoms with E-state index >= 15 is 0 Å². The molecule has 0 saturated carbocycles. The van der Waals surface area contributed by atoms with Crippen LogP contribution in [0, 0.1) is 0 Å². The number of nitrogens with one attached hydrogen (secondary N) is 2. The first-order valence-corrected chi connectivity index (χ1v) is 8.35. The van der Waals surface area contributed by atoms with Crippen LogP contribution >= 0.6 is 22.7 Å². The summed E-state index contributed by atoms with van der Waals surface area (Å²) in [6.45, 7) is 0. The molecule has 1 aliphatic carbocycles. The van der Waals surface area contributed by atoms with Crippen LogP contribution in [-0.4, -0.2) is 17.1 Å². The van der Waals surface area contributed by atoms with Gasteiger partial charge in [0.1, 0.15) is 5.00 Å². The Morgan fingerprint density at radius 3 is 2.86 bits per heavy atom. The average Bonchev–Trinajstić information content (AvgIpc) is 3.07. The van der Waals surface area contributed by atoms with Crippen molar-refractivity contribution in [3.63, 3.8) is 0 Å². The van der Waals surface area contributed by atoms with Crippen molar-refractivity contribution in [3.8, 4) is 0 Å². The molecular formula is C14H14N2O3S2. The van der Waals surface area contributed by atoms with E-state index in [4.69, 9.17) is 5.11 Å². The highest BCUT2D eigenvalue weighted by Gasteiger charge is 2.23. The summed E-state index contributed by atoms with van der Waals surface area (Å²) < 4.78 is 0. The Kier molecular flexibility index (Phi) is 3.94. The highest BCUT2D eigenvalue weighted by molar-refractivity contribution is 7.14. The Bertz CT molecular complexity index is 677. The van der Waals surface area contributed by atoms with Gasteiger partial charge in [-0.1, -0.05) is 0 Å². The summed E-state index contributed by atoms with van der Waals surface area (Å²) >= 11 is 2.93. The van der Waals surface area contributed by atoms with Crippen LogP contribution in [0.1, 0.15) is 39.7 Å². The van der Waals surface area contributed by atoms with Crippen LogP contribution in [0.5, 0.6) is 0 Å². The van der Waals surface area contributed by atoms with Gasteiger partial charge >= 0.3 is 12.0 Å². The first kappa shape index (κ1) is 14.1. The molecule has 5 nitrogen and oxygen atoms in total. The second-order valence-electron chi connectivity index (χ2n) is 4.81. The maximum atomic E-state index is 12.1. The number of rotatable bonds is 3. The predicted molar refractivity (Wildman–Crippen MR) is 83.4 cm³/mol. The molecule has 1 aliphatic rings. The summed E-state index contributed by atoms with van der Waals surface area (Å²) in [6.07, 6.45) is 3.03. The van der Waals surface area contributed by atoms with E-state index in [9.17, 15) is 9.59 Å². The smallest absolute Gasteiger partial charge is 0.338 e. The number of carboxylic acid groups (broad SMARTS) is 1. The molecule has 0 aliphatic heterocycles. The van der Waals surface area contributed by atoms with Gasteiger partial charge in [0.25, 0.3) is 0 Å². The van der Waals surface area contributed by atoms with Crippen LogP contribution in [0.3, 0.4) is 0 Å². The van der Waals surface area contributed by atoms with Crippen LogP contribution < -0.4 is 10.6 Å². The molecule has 0 fully saturated rings. The fraction of sp³-hybridized carbons (Fsp3) is 0.286. The van der Waals surface area contributed by atoms with Gasteiger partial charge in [-0.25, -0.2) is 9.59 Å². The van der Waals surface area contributed by atoms with E-state index in [-0.39, 0.29) is 17.6 Å². The lowest BCUT2D eigenvalue weighted by Gasteiger charge is -2.23. The van der Waals surface area contributed by atoms with Crippen molar-refractivity contribution in [2.24, 2.45) is 0 Å². The van der Waals surface area contributed by atoms with E-state index in [0.29, 0.717) is 5.00 Å². The molecule has 0 radical (unpaired) electrons. The third-order valence-electron chi connectivity index (χ3n) is 3.48. The van der Waals surface area contributed by atoms with Gasteiger partial charge in [0, 0.05) is 4.88 Å². The number of thiophene rings is 2. The summed E-state index contributed by atoms with van der Waals surface area (Å²) in [5.74, 6) is -1.04. The minimum Gasteiger partial charge on any atom is -0.478 e. The van der Waals surface area contributed by atoms with Crippen molar-refractivity contribution in [2.45, 2.75) is 25.3 Å². The van der Waals surface area contributed by atoms with E-state index in [2.05, 4.69) is 16.7 Å². The third-order valence-corrected chi connectivity index (χ3v) is 5.31. The number of hydrogen-bond acceptors (Lipinski definition) is 4. The van der Waals surface area contributed by atoms with Crippen molar-refractivity contribution in [1.82, 2.24) is 5.32 Å². The van der Waals surface area contributed by atoms with E-state index in [1.165, 1.54) is 27.8 Å². The maximum Gasteiger partial charge on any atom is 0.338 e. The fourth-order valence-electron chi connectivity index (χ4n) is 2.51. The molecule has 0 bridgehead atoms. The number of hydrogen-bond donors (Lipinski definition) is 3. The molecule has 0 spiro atoms. The number of aromatic carboxylic acids is 1. The van der Waals surface area contributed by atoms with Gasteiger partial charge in [0.2, 0.25) is 0 Å². The summed E-state index contributed by atoms with van der Waals surface area (Å²) in [4.78, 5) is 24.4. The molecule has 0 aromatic carbocycles. The molecule has 2 aromatic heterocycles. The number of anilines is 1. The Balaban J connectivity index is 1.68. The lowest BCUT2D eigenvalue weighted by atomic mass is 9.94. The quantitative estimate of drug-likeness (QED) is 0.806. The van der Waals surface area contributed by atoms with Gasteiger partial charge in [-0.3, -0.25) is 5.32 Å². The monoisotopic (exact) mass is 322 g/mol. The number of fused-ring (bicyclic) bond motifs is 1. The maximum absolute atomic E-state index is 12.1. The lowest BCUT2D eigenvalue weighted by Crippen LogP contribution is -2.34. The first-order valence-electron chi connectivity index (χ1n) is 6.59. The second kappa shape index (κ2) is 5.87. The van der Waals surface area contributed by atoms with Crippen LogP contribution in [0.15, 0.2) is 22.9 Å². The number of carboxylic acids is 1. The molecule has 3 N–H and O–H groups in total. The van der Waals surface area contributed by atoms with E-state index < -0.39 is 5.97 Å². The number of aryl methyl sites for hydroxylation is 1. The van der Waals surface area contributed by atoms with Gasteiger partial charge in [0.05, 0.1) is 11.6 Å². The Morgan fingerprint density at radius 2 is 2.05 bits per heavy atom. The molecule has 2 heterocycles. The van der Waals surface area contributed by atoms with E-state index in [1.807, 2.05) is 5.38 Å². The third kappa shape index (κ3) is 2.93. The molecule has 7 heteroatoms. The predicted octanol–water partition coefficient (Wildman–Crippen LogP) is 3.71. The highest BCUT2D eigenvalue weighted by atomic mass is 32.1.